The van der Waals surface area contributed by atoms with Gasteiger partial charge in [-0.25, -0.2) is 0 Å². The quantitative estimate of drug-likeness (QED) is 0.490. The molecule has 0 N–H and O–H groups in total. The first-order valence-corrected chi connectivity index (χ1v) is 10.5. The zero-order valence-electron chi connectivity index (χ0n) is 18.2. The van der Waals surface area contributed by atoms with Crippen molar-refractivity contribution in [3.05, 3.63) is 58.9 Å². The molecule has 1 saturated heterocycles. The smallest absolute Gasteiger partial charge is 0.311 e. The maximum atomic E-state index is 12.6. The van der Waals surface area contributed by atoms with Crippen LogP contribution in [0.5, 0.6) is 0 Å². The third-order valence-electron chi connectivity index (χ3n) is 5.91. The molecule has 0 radical (unpaired) electrons. The Morgan fingerprint density at radius 1 is 1.20 bits per heavy atom. The van der Waals surface area contributed by atoms with Gasteiger partial charge in [0.1, 0.15) is 0 Å². The zero-order valence-corrected chi connectivity index (χ0v) is 18.2. The van der Waals surface area contributed by atoms with Crippen molar-refractivity contribution in [3.8, 4) is 0 Å². The highest BCUT2D eigenvalue weighted by atomic mass is 16.5. The molecule has 0 aliphatic carbocycles. The zero-order chi connectivity index (χ0) is 21.8. The summed E-state index contributed by atoms with van der Waals surface area (Å²) < 4.78 is 7.42. The third kappa shape index (κ3) is 4.48. The fraction of sp³-hybridized carbons (Fsp3) is 0.458. The van der Waals surface area contributed by atoms with Gasteiger partial charge >= 0.3 is 5.97 Å². The molecular weight excluding hydrogens is 380 g/mol. The predicted octanol–water partition coefficient (Wildman–Crippen LogP) is 3.85. The van der Waals surface area contributed by atoms with Crippen LogP contribution in [0.4, 0.5) is 0 Å². The lowest BCUT2D eigenvalue weighted by Crippen LogP contribution is -2.30. The monoisotopic (exact) mass is 410 g/mol. The molecule has 3 rings (SSSR count). The van der Waals surface area contributed by atoms with Crippen molar-refractivity contribution in [1.29, 1.82) is 0 Å². The molecule has 1 aliphatic rings. The van der Waals surface area contributed by atoms with Crippen LogP contribution in [0.25, 0.3) is 0 Å². The Balaban J connectivity index is 1.59. The molecule has 1 aliphatic heterocycles. The van der Waals surface area contributed by atoms with Gasteiger partial charge in [-0.15, -0.1) is 0 Å². The normalized spacial score (nSPS) is 17.3. The lowest BCUT2D eigenvalue weighted by molar-refractivity contribution is -0.147. The van der Waals surface area contributed by atoms with E-state index in [2.05, 4.69) is 11.5 Å². The maximum absolute atomic E-state index is 12.6. The Morgan fingerprint density at radius 2 is 1.90 bits per heavy atom. The minimum absolute atomic E-state index is 0.0669. The largest absolute Gasteiger partial charge is 0.457 e. The van der Waals surface area contributed by atoms with Crippen LogP contribution in [0, 0.1) is 19.8 Å². The van der Waals surface area contributed by atoms with Crippen LogP contribution in [0.3, 0.4) is 0 Å². The number of esters is 1. The average molecular weight is 411 g/mol. The van der Waals surface area contributed by atoms with Gasteiger partial charge < -0.3 is 14.2 Å². The number of rotatable bonds is 8. The Kier molecular flexibility index (Phi) is 6.75. The number of hydrogen-bond donors (Lipinski definition) is 0. The molecule has 30 heavy (non-hydrogen) atoms. The molecule has 1 fully saturated rings. The molecule has 1 aromatic heterocycles. The Morgan fingerprint density at radius 3 is 2.57 bits per heavy atom. The molecule has 0 bridgehead atoms. The van der Waals surface area contributed by atoms with E-state index in [0.717, 1.165) is 29.9 Å². The molecule has 0 spiro atoms. The van der Waals surface area contributed by atoms with E-state index in [1.807, 2.05) is 57.2 Å². The molecule has 2 atom stereocenters. The molecule has 0 unspecified atom stereocenters. The predicted molar refractivity (Wildman–Crippen MR) is 114 cm³/mol. The first-order valence-electron chi connectivity index (χ1n) is 10.5. The van der Waals surface area contributed by atoms with Crippen molar-refractivity contribution in [2.75, 3.05) is 13.2 Å². The second-order valence-electron chi connectivity index (χ2n) is 8.00. The standard InChI is InChI=1S/C24H30N2O4/c1-5-11-25-16(2)12-21(18(25)4)22(27)15-30-24(29)20-13-23(28)26(14-20)17(3)19-9-7-6-8-10-19/h6-10,12,17,20H,5,11,13-15H2,1-4H3/t17-,20+/m1/s1. The van der Waals surface area contributed by atoms with Crippen molar-refractivity contribution in [1.82, 2.24) is 9.47 Å². The van der Waals surface area contributed by atoms with Gasteiger partial charge in [-0.3, -0.25) is 14.4 Å². The molecule has 6 nitrogen and oxygen atoms in total. The maximum Gasteiger partial charge on any atom is 0.311 e. The Labute approximate surface area is 177 Å². The van der Waals surface area contributed by atoms with E-state index in [1.165, 1.54) is 0 Å². The van der Waals surface area contributed by atoms with E-state index in [1.54, 1.807) is 4.90 Å². The van der Waals surface area contributed by atoms with Crippen LogP contribution in [0.2, 0.25) is 0 Å². The van der Waals surface area contributed by atoms with Crippen molar-refractivity contribution < 1.29 is 19.1 Å². The van der Waals surface area contributed by atoms with E-state index in [9.17, 15) is 14.4 Å². The van der Waals surface area contributed by atoms with Crippen LogP contribution in [0.1, 0.15) is 60.0 Å². The minimum Gasteiger partial charge on any atom is -0.457 e. The first kappa shape index (κ1) is 21.8. The summed E-state index contributed by atoms with van der Waals surface area (Å²) in [6.07, 6.45) is 1.10. The third-order valence-corrected chi connectivity index (χ3v) is 5.91. The van der Waals surface area contributed by atoms with Gasteiger partial charge in [-0.05, 0) is 38.8 Å². The number of carbonyl (C=O) groups excluding carboxylic acids is 3. The summed E-state index contributed by atoms with van der Waals surface area (Å²) in [5, 5.41) is 0. The van der Waals surface area contributed by atoms with Gasteiger partial charge in [0.15, 0.2) is 6.61 Å². The molecule has 160 valence electrons. The fourth-order valence-corrected chi connectivity index (χ4v) is 4.16. The van der Waals surface area contributed by atoms with Crippen molar-refractivity contribution >= 4 is 17.7 Å². The number of amides is 1. The van der Waals surface area contributed by atoms with Gasteiger partial charge in [-0.1, -0.05) is 37.3 Å². The number of likely N-dealkylation sites (tertiary alicyclic amines) is 1. The van der Waals surface area contributed by atoms with Gasteiger partial charge in [0.05, 0.1) is 12.0 Å². The molecule has 2 heterocycles. The molecule has 1 amide bonds. The molecule has 6 heteroatoms. The van der Waals surface area contributed by atoms with Gasteiger partial charge in [0.2, 0.25) is 11.7 Å². The summed E-state index contributed by atoms with van der Waals surface area (Å²) in [6.45, 7) is 8.79. The van der Waals surface area contributed by atoms with Gasteiger partial charge in [0, 0.05) is 36.5 Å². The van der Waals surface area contributed by atoms with Crippen molar-refractivity contribution in [3.63, 3.8) is 0 Å². The number of carbonyl (C=O) groups is 3. The van der Waals surface area contributed by atoms with Crippen LogP contribution in [-0.4, -0.2) is 40.3 Å². The molecule has 0 saturated carbocycles. The average Bonchev–Trinajstić information content (AvgIpc) is 3.27. The summed E-state index contributed by atoms with van der Waals surface area (Å²) in [5.74, 6) is -1.30. The number of nitrogens with zero attached hydrogens (tertiary/aromatic N) is 2. The number of Topliss-reactive ketones (excluding diaryl/α,β-unsaturated/α-hetero) is 1. The number of aryl methyl sites for hydroxylation is 1. The number of benzene rings is 1. The van der Waals surface area contributed by atoms with E-state index in [4.69, 9.17) is 4.74 Å². The summed E-state index contributed by atoms with van der Waals surface area (Å²) in [4.78, 5) is 39.3. The fourth-order valence-electron chi connectivity index (χ4n) is 4.16. The van der Waals surface area contributed by atoms with E-state index in [0.29, 0.717) is 12.1 Å². The van der Waals surface area contributed by atoms with Gasteiger partial charge in [0.25, 0.3) is 0 Å². The summed E-state index contributed by atoms with van der Waals surface area (Å²) in [5.41, 5.74) is 3.54. The molecule has 1 aromatic carbocycles. The topological polar surface area (TPSA) is 68.6 Å². The summed E-state index contributed by atoms with van der Waals surface area (Å²) >= 11 is 0. The minimum atomic E-state index is -0.538. The van der Waals surface area contributed by atoms with Crippen LogP contribution < -0.4 is 0 Å². The highest BCUT2D eigenvalue weighted by Gasteiger charge is 2.38. The van der Waals surface area contributed by atoms with Gasteiger partial charge in [-0.2, -0.15) is 0 Å². The van der Waals surface area contributed by atoms with Crippen LogP contribution in [0.15, 0.2) is 36.4 Å². The Hall–Kier alpha value is -2.89. The number of hydrogen-bond acceptors (Lipinski definition) is 4. The van der Waals surface area contributed by atoms with E-state index < -0.39 is 11.9 Å². The lowest BCUT2D eigenvalue weighted by atomic mass is 10.1. The van der Waals surface area contributed by atoms with Crippen LogP contribution >= 0.6 is 0 Å². The highest BCUT2D eigenvalue weighted by molar-refractivity contribution is 5.99. The molecule has 2 aromatic rings. The Bertz CT molecular complexity index is 932. The number of ether oxygens (including phenoxy) is 1. The number of ketones is 1. The second-order valence-corrected chi connectivity index (χ2v) is 8.00. The molecular formula is C24H30N2O4. The second kappa shape index (κ2) is 9.28. The highest BCUT2D eigenvalue weighted by Crippen LogP contribution is 2.29. The summed E-state index contributed by atoms with van der Waals surface area (Å²) in [6, 6.07) is 11.5. The van der Waals surface area contributed by atoms with Crippen molar-refractivity contribution in [2.45, 2.75) is 53.1 Å². The lowest BCUT2D eigenvalue weighted by Gasteiger charge is -2.25. The SMILES string of the molecule is CCCn1c(C)cc(C(=O)COC(=O)[C@H]2CC(=O)N([C@H](C)c3ccccc3)C2)c1C. The summed E-state index contributed by atoms with van der Waals surface area (Å²) in [7, 11) is 0. The number of aromatic nitrogens is 1. The van der Waals surface area contributed by atoms with Crippen molar-refractivity contribution in [2.24, 2.45) is 5.92 Å². The van der Waals surface area contributed by atoms with E-state index >= 15 is 0 Å². The van der Waals surface area contributed by atoms with Crippen LogP contribution in [-0.2, 0) is 20.9 Å². The first-order chi connectivity index (χ1) is 14.3. The van der Waals surface area contributed by atoms with E-state index in [-0.39, 0.29) is 30.8 Å².